The Morgan fingerprint density at radius 3 is 2.52 bits per heavy atom. The molecule has 1 saturated heterocycles. The van der Waals surface area contributed by atoms with Gasteiger partial charge >= 0.3 is 0 Å². The molecule has 0 saturated carbocycles. The summed E-state index contributed by atoms with van der Waals surface area (Å²) in [6.45, 7) is 4.26. The molecule has 1 aliphatic heterocycles. The molecule has 1 aliphatic rings. The summed E-state index contributed by atoms with van der Waals surface area (Å²) in [5.41, 5.74) is 0. The van der Waals surface area contributed by atoms with Crippen LogP contribution in [0.3, 0.4) is 0 Å². The fourth-order valence-electron chi connectivity index (χ4n) is 2.10. The molecule has 8 heteroatoms. The molecule has 0 unspecified atom stereocenters. The van der Waals surface area contributed by atoms with Gasteiger partial charge in [-0.1, -0.05) is 6.07 Å². The van der Waals surface area contributed by atoms with E-state index in [0.717, 1.165) is 26.2 Å². The second-order valence-electron chi connectivity index (χ2n) is 4.59. The third kappa shape index (κ3) is 6.00. The van der Waals surface area contributed by atoms with E-state index < -0.39 is 9.84 Å². The van der Waals surface area contributed by atoms with E-state index in [9.17, 15) is 8.42 Å². The summed E-state index contributed by atoms with van der Waals surface area (Å²) in [6, 6.07) is 6.65. The van der Waals surface area contributed by atoms with Crippen molar-refractivity contribution in [1.82, 2.24) is 10.2 Å². The van der Waals surface area contributed by atoms with Crippen LogP contribution in [-0.2, 0) is 9.84 Å². The third-order valence-electron chi connectivity index (χ3n) is 3.29. The summed E-state index contributed by atoms with van der Waals surface area (Å²) in [4.78, 5) is 2.51. The van der Waals surface area contributed by atoms with Crippen molar-refractivity contribution in [2.75, 3.05) is 45.6 Å². The average molecular weight is 357 g/mol. The molecular weight excluding hydrogens is 335 g/mol. The minimum absolute atomic E-state index is 0. The second-order valence-corrected chi connectivity index (χ2v) is 6.70. The molecule has 0 spiro atoms. The van der Waals surface area contributed by atoms with Crippen molar-refractivity contribution in [2.45, 2.75) is 4.90 Å². The smallest absolute Gasteiger partial charge is 0.179 e. The molecule has 0 aliphatic carbocycles. The largest absolute Gasteiger partial charge is 0.497 e. The first-order valence-electron chi connectivity index (χ1n) is 6.42. The number of methoxy groups -OCH3 is 1. The first kappa shape index (κ1) is 20.5. The number of benzene rings is 1. The van der Waals surface area contributed by atoms with Crippen LogP contribution in [0, 0.1) is 0 Å². The van der Waals surface area contributed by atoms with Crippen molar-refractivity contribution >= 4 is 34.7 Å². The Balaban J connectivity index is 0.00000200. The second kappa shape index (κ2) is 9.48. The maximum atomic E-state index is 12.2. The van der Waals surface area contributed by atoms with Gasteiger partial charge in [0.2, 0.25) is 0 Å². The van der Waals surface area contributed by atoms with E-state index in [1.165, 1.54) is 7.11 Å². The van der Waals surface area contributed by atoms with Gasteiger partial charge in [-0.05, 0) is 18.2 Å². The standard InChI is InChI=1S/C13H20N2O3S.2ClH/c1-18-12-3-2-4-13(11-12)19(16,17)10-9-15-7-5-14-6-8-15;;/h2-4,11,14H,5-10H2,1H3;2*1H. The molecule has 2 rings (SSSR count). The Bertz CT molecular complexity index is 520. The molecular formula is C13H22Cl2N2O3S. The fourth-order valence-corrected chi connectivity index (χ4v) is 3.41. The van der Waals surface area contributed by atoms with Gasteiger partial charge in [0, 0.05) is 32.7 Å². The van der Waals surface area contributed by atoms with Crippen LogP contribution in [0.5, 0.6) is 5.75 Å². The van der Waals surface area contributed by atoms with Crippen LogP contribution in [0.2, 0.25) is 0 Å². The Morgan fingerprint density at radius 1 is 1.24 bits per heavy atom. The number of rotatable bonds is 5. The molecule has 1 fully saturated rings. The van der Waals surface area contributed by atoms with Gasteiger partial charge in [-0.25, -0.2) is 8.42 Å². The lowest BCUT2D eigenvalue weighted by molar-refractivity contribution is 0.254. The maximum absolute atomic E-state index is 12.2. The lowest BCUT2D eigenvalue weighted by Gasteiger charge is -2.26. The summed E-state index contributed by atoms with van der Waals surface area (Å²) in [7, 11) is -1.70. The molecule has 0 atom stereocenters. The number of nitrogens with zero attached hydrogens (tertiary/aromatic N) is 1. The van der Waals surface area contributed by atoms with Crippen LogP contribution in [0.15, 0.2) is 29.2 Å². The quantitative estimate of drug-likeness (QED) is 0.859. The number of nitrogens with one attached hydrogen (secondary N) is 1. The summed E-state index contributed by atoms with van der Waals surface area (Å²) in [5, 5.41) is 3.25. The molecule has 21 heavy (non-hydrogen) atoms. The van der Waals surface area contributed by atoms with Crippen molar-refractivity contribution < 1.29 is 13.2 Å². The van der Waals surface area contributed by atoms with Gasteiger partial charge in [-0.15, -0.1) is 24.8 Å². The van der Waals surface area contributed by atoms with Gasteiger partial charge in [-0.3, -0.25) is 4.90 Å². The van der Waals surface area contributed by atoms with Crippen LogP contribution < -0.4 is 10.1 Å². The molecule has 0 bridgehead atoms. The highest BCUT2D eigenvalue weighted by Crippen LogP contribution is 2.18. The van der Waals surface area contributed by atoms with E-state index in [0.29, 0.717) is 17.2 Å². The number of hydrogen-bond acceptors (Lipinski definition) is 5. The van der Waals surface area contributed by atoms with E-state index in [1.54, 1.807) is 24.3 Å². The van der Waals surface area contributed by atoms with Gasteiger partial charge in [0.25, 0.3) is 0 Å². The molecule has 1 N–H and O–H groups in total. The molecule has 0 amide bonds. The number of ether oxygens (including phenoxy) is 1. The van der Waals surface area contributed by atoms with Crippen molar-refractivity contribution in [3.63, 3.8) is 0 Å². The zero-order chi connectivity index (χ0) is 13.7. The topological polar surface area (TPSA) is 58.6 Å². The summed E-state index contributed by atoms with van der Waals surface area (Å²) < 4.78 is 29.6. The summed E-state index contributed by atoms with van der Waals surface area (Å²) in [6.07, 6.45) is 0. The van der Waals surface area contributed by atoms with Gasteiger partial charge in [0.05, 0.1) is 17.8 Å². The van der Waals surface area contributed by atoms with Gasteiger partial charge in [-0.2, -0.15) is 0 Å². The Morgan fingerprint density at radius 2 is 1.90 bits per heavy atom. The molecule has 1 aromatic carbocycles. The van der Waals surface area contributed by atoms with Crippen LogP contribution in [0.1, 0.15) is 0 Å². The Hall–Kier alpha value is -0.530. The van der Waals surface area contributed by atoms with Crippen LogP contribution in [0.4, 0.5) is 0 Å². The number of halogens is 2. The van der Waals surface area contributed by atoms with Crippen LogP contribution >= 0.6 is 24.8 Å². The lowest BCUT2D eigenvalue weighted by atomic mass is 10.3. The SMILES string of the molecule is COc1cccc(S(=O)(=O)CCN2CCNCC2)c1.Cl.Cl. The highest BCUT2D eigenvalue weighted by molar-refractivity contribution is 7.91. The normalized spacial score (nSPS) is 15.7. The van der Waals surface area contributed by atoms with Gasteiger partial charge < -0.3 is 10.1 Å². The number of hydrogen-bond donors (Lipinski definition) is 1. The molecule has 0 radical (unpaired) electrons. The lowest BCUT2D eigenvalue weighted by Crippen LogP contribution is -2.45. The van der Waals surface area contributed by atoms with Crippen molar-refractivity contribution in [2.24, 2.45) is 0 Å². The molecule has 5 nitrogen and oxygen atoms in total. The molecule has 1 aromatic rings. The first-order valence-corrected chi connectivity index (χ1v) is 8.07. The monoisotopic (exact) mass is 356 g/mol. The highest BCUT2D eigenvalue weighted by Gasteiger charge is 2.18. The maximum Gasteiger partial charge on any atom is 0.179 e. The summed E-state index contributed by atoms with van der Waals surface area (Å²) >= 11 is 0. The van der Waals surface area contributed by atoms with Gasteiger partial charge in [0.1, 0.15) is 5.75 Å². The van der Waals surface area contributed by atoms with E-state index >= 15 is 0 Å². The van der Waals surface area contributed by atoms with E-state index in [-0.39, 0.29) is 30.6 Å². The predicted octanol–water partition coefficient (Wildman–Crippen LogP) is 1.22. The van der Waals surface area contributed by atoms with Crippen molar-refractivity contribution in [3.8, 4) is 5.75 Å². The average Bonchev–Trinajstić information content (AvgIpc) is 2.46. The molecule has 0 aromatic heterocycles. The van der Waals surface area contributed by atoms with Gasteiger partial charge in [0.15, 0.2) is 9.84 Å². The van der Waals surface area contributed by atoms with Crippen LogP contribution in [0.25, 0.3) is 0 Å². The first-order chi connectivity index (χ1) is 9.12. The predicted molar refractivity (Wildman–Crippen MR) is 88.9 cm³/mol. The minimum atomic E-state index is -3.23. The van der Waals surface area contributed by atoms with Crippen molar-refractivity contribution in [1.29, 1.82) is 0 Å². The summed E-state index contributed by atoms with van der Waals surface area (Å²) in [5.74, 6) is 0.725. The van der Waals surface area contributed by atoms with E-state index in [2.05, 4.69) is 10.2 Å². The number of sulfone groups is 1. The van der Waals surface area contributed by atoms with E-state index in [1.807, 2.05) is 0 Å². The van der Waals surface area contributed by atoms with Crippen molar-refractivity contribution in [3.05, 3.63) is 24.3 Å². The zero-order valence-corrected chi connectivity index (χ0v) is 14.4. The van der Waals surface area contributed by atoms with Crippen LogP contribution in [-0.4, -0.2) is 58.9 Å². The third-order valence-corrected chi connectivity index (χ3v) is 4.98. The molecule has 1 heterocycles. The molecule has 122 valence electrons. The fraction of sp³-hybridized carbons (Fsp3) is 0.538. The Labute approximate surface area is 138 Å². The minimum Gasteiger partial charge on any atom is -0.497 e. The number of piperazine rings is 1. The highest BCUT2D eigenvalue weighted by atomic mass is 35.5. The zero-order valence-electron chi connectivity index (χ0n) is 11.9. The van der Waals surface area contributed by atoms with E-state index in [4.69, 9.17) is 4.74 Å². The Kier molecular flexibility index (Phi) is 9.24.